The fourth-order valence-corrected chi connectivity index (χ4v) is 5.18. The van der Waals surface area contributed by atoms with Crippen LogP contribution >= 0.6 is 11.3 Å². The molecule has 4 heterocycles. The van der Waals surface area contributed by atoms with Crippen LogP contribution in [0.3, 0.4) is 0 Å². The molecule has 0 spiro atoms. The first-order valence-corrected chi connectivity index (χ1v) is 12.0. The Kier molecular flexibility index (Phi) is 6.53. The molecule has 0 saturated carbocycles. The molecule has 8 heteroatoms. The van der Waals surface area contributed by atoms with Crippen molar-refractivity contribution in [1.82, 2.24) is 20.0 Å². The third-order valence-corrected chi connectivity index (χ3v) is 6.93. The van der Waals surface area contributed by atoms with Crippen LogP contribution < -0.4 is 5.32 Å². The molecular weight excluding hydrogens is 398 g/mol. The van der Waals surface area contributed by atoms with E-state index in [0.717, 1.165) is 32.1 Å². The Balaban J connectivity index is 1.18. The van der Waals surface area contributed by atoms with E-state index in [2.05, 4.69) is 32.6 Å². The van der Waals surface area contributed by atoms with E-state index >= 15 is 0 Å². The maximum Gasteiger partial charge on any atom is 0.410 e. The number of nitrogens with one attached hydrogen (secondary N) is 1. The predicted octanol–water partition coefficient (Wildman–Crippen LogP) is 2.84. The Bertz CT molecular complexity index is 737. The number of nitrogens with zero attached hydrogens (tertiary/aromatic N) is 4. The molecule has 1 N–H and O–H groups in total. The zero-order chi connectivity index (χ0) is 21.1. The molecule has 1 amide bonds. The Hall–Kier alpha value is -1.80. The second-order valence-electron chi connectivity index (χ2n) is 9.62. The lowest BCUT2D eigenvalue weighted by Crippen LogP contribution is -2.58. The van der Waals surface area contributed by atoms with Crippen LogP contribution in [0.4, 0.5) is 4.79 Å². The van der Waals surface area contributed by atoms with Crippen LogP contribution in [0.15, 0.2) is 22.5 Å². The summed E-state index contributed by atoms with van der Waals surface area (Å²) < 4.78 is 5.53. The van der Waals surface area contributed by atoms with Crippen molar-refractivity contribution in [3.8, 4) is 0 Å². The summed E-state index contributed by atoms with van der Waals surface area (Å²) in [4.78, 5) is 25.3. The molecule has 1 unspecified atom stereocenters. The zero-order valence-electron chi connectivity index (χ0n) is 18.5. The highest BCUT2D eigenvalue weighted by molar-refractivity contribution is 7.09. The number of amides is 1. The number of likely N-dealkylation sites (tertiary alicyclic amines) is 1. The van der Waals surface area contributed by atoms with E-state index in [4.69, 9.17) is 9.73 Å². The Morgan fingerprint density at radius 2 is 2.07 bits per heavy atom. The summed E-state index contributed by atoms with van der Waals surface area (Å²) in [6, 6.07) is 4.64. The van der Waals surface area contributed by atoms with E-state index in [1.54, 1.807) is 0 Å². The quantitative estimate of drug-likeness (QED) is 0.791. The molecule has 2 fully saturated rings. The lowest BCUT2D eigenvalue weighted by molar-refractivity contribution is 0.0137. The number of piperazine rings is 1. The van der Waals surface area contributed by atoms with Crippen LogP contribution in [0.25, 0.3) is 0 Å². The highest BCUT2D eigenvalue weighted by atomic mass is 32.1. The minimum atomic E-state index is -0.452. The monoisotopic (exact) mass is 433 g/mol. The number of fused-ring (bicyclic) bond motifs is 1. The van der Waals surface area contributed by atoms with Gasteiger partial charge < -0.3 is 19.9 Å². The maximum absolute atomic E-state index is 12.4. The van der Waals surface area contributed by atoms with Gasteiger partial charge in [-0.15, -0.1) is 11.3 Å². The number of hydrogen-bond acceptors (Lipinski definition) is 7. The number of thiophene rings is 1. The average Bonchev–Trinajstić information content (AvgIpc) is 3.35. The fourth-order valence-electron chi connectivity index (χ4n) is 4.43. The van der Waals surface area contributed by atoms with Crippen LogP contribution in [0, 0.1) is 5.92 Å². The number of hydrogen-bond donors (Lipinski definition) is 1. The first-order valence-electron chi connectivity index (χ1n) is 11.1. The molecule has 3 aliphatic rings. The molecule has 0 radical (unpaired) electrons. The van der Waals surface area contributed by atoms with Gasteiger partial charge in [0.2, 0.25) is 0 Å². The van der Waals surface area contributed by atoms with Crippen molar-refractivity contribution in [2.24, 2.45) is 10.9 Å². The van der Waals surface area contributed by atoms with Crippen molar-refractivity contribution >= 4 is 23.4 Å². The third kappa shape index (κ3) is 5.46. The molecule has 30 heavy (non-hydrogen) atoms. The molecule has 166 valence electrons. The van der Waals surface area contributed by atoms with E-state index in [1.807, 2.05) is 37.0 Å². The zero-order valence-corrected chi connectivity index (χ0v) is 19.3. The highest BCUT2D eigenvalue weighted by Gasteiger charge is 2.36. The summed E-state index contributed by atoms with van der Waals surface area (Å²) >= 11 is 1.85. The van der Waals surface area contributed by atoms with Crippen molar-refractivity contribution in [3.05, 3.63) is 22.4 Å². The van der Waals surface area contributed by atoms with Gasteiger partial charge in [0, 0.05) is 37.6 Å². The number of ether oxygens (including phenoxy) is 1. The summed E-state index contributed by atoms with van der Waals surface area (Å²) in [5.74, 6) is 1.72. The lowest BCUT2D eigenvalue weighted by atomic mass is 9.97. The van der Waals surface area contributed by atoms with Gasteiger partial charge in [-0.25, -0.2) is 4.79 Å². The van der Waals surface area contributed by atoms with Crippen molar-refractivity contribution in [2.45, 2.75) is 51.8 Å². The van der Waals surface area contributed by atoms with Crippen LogP contribution in [0.5, 0.6) is 0 Å². The highest BCUT2D eigenvalue weighted by Crippen LogP contribution is 2.22. The average molecular weight is 434 g/mol. The van der Waals surface area contributed by atoms with E-state index in [1.165, 1.54) is 30.8 Å². The van der Waals surface area contributed by atoms with Crippen LogP contribution in [-0.2, 0) is 11.3 Å². The molecule has 1 atom stereocenters. The van der Waals surface area contributed by atoms with Gasteiger partial charge in [-0.3, -0.25) is 9.89 Å². The van der Waals surface area contributed by atoms with Gasteiger partial charge in [0.1, 0.15) is 5.60 Å². The van der Waals surface area contributed by atoms with Crippen LogP contribution in [-0.4, -0.2) is 84.2 Å². The summed E-state index contributed by atoms with van der Waals surface area (Å²) in [7, 11) is 0. The molecule has 4 rings (SSSR count). The van der Waals surface area contributed by atoms with Gasteiger partial charge in [-0.05, 0) is 64.1 Å². The molecule has 2 saturated heterocycles. The van der Waals surface area contributed by atoms with Gasteiger partial charge >= 0.3 is 6.09 Å². The van der Waals surface area contributed by atoms with Crippen molar-refractivity contribution in [2.75, 3.05) is 45.8 Å². The molecule has 7 nitrogen and oxygen atoms in total. The molecule has 1 aromatic rings. The Morgan fingerprint density at radius 3 is 2.77 bits per heavy atom. The molecular formula is C22H35N5O2S. The molecule has 0 aliphatic carbocycles. The summed E-state index contributed by atoms with van der Waals surface area (Å²) in [5.41, 5.74) is -0.452. The molecule has 3 aliphatic heterocycles. The number of aliphatic imine (C=N–C) groups is 1. The minimum absolute atomic E-state index is 0.210. The van der Waals surface area contributed by atoms with Crippen LogP contribution in [0.1, 0.15) is 38.5 Å². The third-order valence-electron chi connectivity index (χ3n) is 6.07. The Morgan fingerprint density at radius 1 is 1.27 bits per heavy atom. The first-order chi connectivity index (χ1) is 14.4. The van der Waals surface area contributed by atoms with E-state index in [0.29, 0.717) is 19.0 Å². The smallest absolute Gasteiger partial charge is 0.410 e. The number of carbonyl (C=O) groups is 1. The van der Waals surface area contributed by atoms with Gasteiger partial charge in [-0.1, -0.05) is 6.07 Å². The number of carbonyl (C=O) groups excluding carboxylic acids is 1. The lowest BCUT2D eigenvalue weighted by Gasteiger charge is -2.39. The number of piperidine rings is 1. The first kappa shape index (κ1) is 21.4. The van der Waals surface area contributed by atoms with Crippen molar-refractivity contribution in [3.63, 3.8) is 0 Å². The SMILES string of the molecule is CC(C)(C)OC(=O)N1CCN2C(NCC3CCN(Cc4cccs4)CC3)=NCC2C1. The molecule has 0 aromatic carbocycles. The molecule has 1 aromatic heterocycles. The summed E-state index contributed by atoms with van der Waals surface area (Å²) in [6.07, 6.45) is 2.26. The summed E-state index contributed by atoms with van der Waals surface area (Å²) in [5, 5.41) is 5.78. The van der Waals surface area contributed by atoms with Crippen LogP contribution in [0.2, 0.25) is 0 Å². The fraction of sp³-hybridized carbons (Fsp3) is 0.727. The topological polar surface area (TPSA) is 60.4 Å². The van der Waals surface area contributed by atoms with E-state index in [-0.39, 0.29) is 12.1 Å². The van der Waals surface area contributed by atoms with E-state index < -0.39 is 5.60 Å². The van der Waals surface area contributed by atoms with E-state index in [9.17, 15) is 4.79 Å². The standard InChI is InChI=1S/C22H35N5O2S/c1-22(2,3)29-21(28)26-10-11-27-18(15-26)14-24-20(27)23-13-17-6-8-25(9-7-17)16-19-5-4-12-30-19/h4-5,12,17-18H,6-11,13-16H2,1-3H3,(H,23,24). The predicted molar refractivity (Wildman–Crippen MR) is 121 cm³/mol. The molecule has 0 bridgehead atoms. The minimum Gasteiger partial charge on any atom is -0.444 e. The summed E-state index contributed by atoms with van der Waals surface area (Å²) in [6.45, 7) is 13.1. The Labute approximate surface area is 184 Å². The second kappa shape index (κ2) is 9.14. The van der Waals surface area contributed by atoms with Gasteiger partial charge in [0.25, 0.3) is 0 Å². The number of rotatable bonds is 4. The second-order valence-corrected chi connectivity index (χ2v) is 10.6. The normalized spacial score (nSPS) is 23.3. The van der Waals surface area contributed by atoms with Gasteiger partial charge in [0.05, 0.1) is 12.6 Å². The van der Waals surface area contributed by atoms with Crippen molar-refractivity contribution < 1.29 is 9.53 Å². The van der Waals surface area contributed by atoms with Crippen molar-refractivity contribution in [1.29, 1.82) is 0 Å². The van der Waals surface area contributed by atoms with Gasteiger partial charge in [-0.2, -0.15) is 0 Å². The number of guanidine groups is 1. The van der Waals surface area contributed by atoms with Gasteiger partial charge in [0.15, 0.2) is 5.96 Å². The largest absolute Gasteiger partial charge is 0.444 e. The maximum atomic E-state index is 12.4.